The Hall–Kier alpha value is -1.39. The molecular formula is C13H14N2OS. The third-order valence-corrected chi connectivity index (χ3v) is 3.87. The lowest BCUT2D eigenvalue weighted by atomic mass is 10.2. The van der Waals surface area contributed by atoms with Gasteiger partial charge in [0, 0.05) is 20.3 Å². The zero-order chi connectivity index (χ0) is 12.0. The molecular weight excluding hydrogens is 232 g/mol. The van der Waals surface area contributed by atoms with Crippen molar-refractivity contribution in [3.63, 3.8) is 0 Å². The van der Waals surface area contributed by atoms with Gasteiger partial charge >= 0.3 is 0 Å². The molecule has 0 radical (unpaired) electrons. The highest BCUT2D eigenvalue weighted by atomic mass is 32.1. The van der Waals surface area contributed by atoms with Crippen molar-refractivity contribution >= 4 is 32.3 Å². The first-order valence-electron chi connectivity index (χ1n) is 5.68. The van der Waals surface area contributed by atoms with E-state index in [4.69, 9.17) is 0 Å². The number of benzene rings is 1. The van der Waals surface area contributed by atoms with Crippen LogP contribution in [0.15, 0.2) is 24.4 Å². The van der Waals surface area contributed by atoms with E-state index in [2.05, 4.69) is 30.2 Å². The van der Waals surface area contributed by atoms with Crippen molar-refractivity contribution in [2.24, 2.45) is 0 Å². The molecule has 1 atom stereocenters. The monoisotopic (exact) mass is 246 g/mol. The fourth-order valence-corrected chi connectivity index (χ4v) is 3.14. The summed E-state index contributed by atoms with van der Waals surface area (Å²) in [6.07, 6.45) is 1.48. The van der Waals surface area contributed by atoms with Gasteiger partial charge in [-0.15, -0.1) is 11.3 Å². The van der Waals surface area contributed by atoms with Gasteiger partial charge in [0.05, 0.1) is 24.4 Å². The third-order valence-electron chi connectivity index (χ3n) is 2.86. The number of hydrogen-bond acceptors (Lipinski definition) is 3. The quantitative estimate of drug-likeness (QED) is 0.755. The summed E-state index contributed by atoms with van der Waals surface area (Å²) in [4.78, 5) is 1.30. The van der Waals surface area contributed by atoms with E-state index in [1.54, 1.807) is 18.3 Å². The summed E-state index contributed by atoms with van der Waals surface area (Å²) >= 11 is 1.79. The maximum atomic E-state index is 9.50. The van der Waals surface area contributed by atoms with E-state index >= 15 is 0 Å². The lowest BCUT2D eigenvalue weighted by Crippen LogP contribution is -2.12. The predicted molar refractivity (Wildman–Crippen MR) is 71.5 cm³/mol. The van der Waals surface area contributed by atoms with Crippen LogP contribution >= 0.6 is 11.3 Å². The second-order valence-electron chi connectivity index (χ2n) is 4.45. The minimum atomic E-state index is -0.381. The van der Waals surface area contributed by atoms with Crippen molar-refractivity contribution in [1.82, 2.24) is 9.78 Å². The fraction of sp³-hybridized carbons (Fsp3) is 0.308. The lowest BCUT2D eigenvalue weighted by molar-refractivity contribution is 0.170. The molecule has 3 rings (SSSR count). The van der Waals surface area contributed by atoms with E-state index < -0.39 is 0 Å². The molecule has 0 aliphatic heterocycles. The van der Waals surface area contributed by atoms with Gasteiger partial charge in [-0.1, -0.05) is 0 Å². The van der Waals surface area contributed by atoms with E-state index in [0.717, 1.165) is 10.9 Å². The first-order valence-corrected chi connectivity index (χ1v) is 6.49. The average molecular weight is 246 g/mol. The number of nitrogens with zero attached hydrogens (tertiary/aromatic N) is 2. The number of hydrogen-bond donors (Lipinski definition) is 1. The van der Waals surface area contributed by atoms with Crippen LogP contribution in [-0.2, 0) is 6.54 Å². The maximum absolute atomic E-state index is 9.50. The molecule has 0 saturated carbocycles. The molecule has 0 aliphatic carbocycles. The minimum Gasteiger partial charge on any atom is -0.391 e. The predicted octanol–water partition coefficient (Wildman–Crippen LogP) is 2.94. The number of aliphatic hydroxyl groups excluding tert-OH is 1. The Morgan fingerprint density at radius 3 is 3.06 bits per heavy atom. The zero-order valence-electron chi connectivity index (χ0n) is 9.84. The Labute approximate surface area is 103 Å². The van der Waals surface area contributed by atoms with E-state index in [1.807, 2.05) is 10.9 Å². The Kier molecular flexibility index (Phi) is 2.42. The highest BCUT2D eigenvalue weighted by Gasteiger charge is 2.10. The van der Waals surface area contributed by atoms with E-state index in [1.165, 1.54) is 15.0 Å². The molecule has 1 unspecified atom stereocenters. The van der Waals surface area contributed by atoms with Gasteiger partial charge in [-0.2, -0.15) is 5.10 Å². The number of thiophene rings is 1. The van der Waals surface area contributed by atoms with Crippen LogP contribution in [0.25, 0.3) is 21.0 Å². The van der Waals surface area contributed by atoms with Crippen LogP contribution in [0, 0.1) is 6.92 Å². The van der Waals surface area contributed by atoms with Gasteiger partial charge in [-0.3, -0.25) is 4.68 Å². The highest BCUT2D eigenvalue weighted by Crippen LogP contribution is 2.31. The van der Waals surface area contributed by atoms with Crippen molar-refractivity contribution in [2.75, 3.05) is 0 Å². The third kappa shape index (κ3) is 1.73. The van der Waals surface area contributed by atoms with Crippen LogP contribution in [0.3, 0.4) is 0 Å². The summed E-state index contributed by atoms with van der Waals surface area (Å²) in [5.41, 5.74) is 1.13. The van der Waals surface area contributed by atoms with Crippen molar-refractivity contribution in [3.8, 4) is 0 Å². The highest BCUT2D eigenvalue weighted by molar-refractivity contribution is 7.19. The van der Waals surface area contributed by atoms with Crippen molar-refractivity contribution in [3.05, 3.63) is 29.3 Å². The Morgan fingerprint density at radius 1 is 1.47 bits per heavy atom. The standard InChI is InChI=1S/C13H14N2OS/c1-8(16)7-15-13-10(6-14-15)3-4-12-11(13)5-9(2)17-12/h3-6,8,16H,7H2,1-2H3. The van der Waals surface area contributed by atoms with E-state index in [-0.39, 0.29) is 6.10 Å². The van der Waals surface area contributed by atoms with Crippen molar-refractivity contribution in [2.45, 2.75) is 26.5 Å². The van der Waals surface area contributed by atoms with Gasteiger partial charge in [0.25, 0.3) is 0 Å². The fourth-order valence-electron chi connectivity index (χ4n) is 2.21. The van der Waals surface area contributed by atoms with Crippen LogP contribution in [0.5, 0.6) is 0 Å². The van der Waals surface area contributed by atoms with Crippen LogP contribution in [0.1, 0.15) is 11.8 Å². The Balaban J connectivity index is 2.33. The molecule has 2 heterocycles. The Bertz CT molecular complexity index is 681. The molecule has 0 amide bonds. The van der Waals surface area contributed by atoms with Crippen LogP contribution in [-0.4, -0.2) is 21.0 Å². The molecule has 88 valence electrons. The molecule has 4 heteroatoms. The largest absolute Gasteiger partial charge is 0.391 e. The number of rotatable bonds is 2. The molecule has 17 heavy (non-hydrogen) atoms. The minimum absolute atomic E-state index is 0.381. The molecule has 0 saturated heterocycles. The molecule has 3 aromatic rings. The summed E-state index contributed by atoms with van der Waals surface area (Å²) in [7, 11) is 0. The molecule has 0 aliphatic rings. The zero-order valence-corrected chi connectivity index (χ0v) is 10.7. The van der Waals surface area contributed by atoms with Gasteiger partial charge in [-0.05, 0) is 32.0 Å². The molecule has 1 N–H and O–H groups in total. The number of fused-ring (bicyclic) bond motifs is 3. The second kappa shape index (κ2) is 3.82. The summed E-state index contributed by atoms with van der Waals surface area (Å²) in [5, 5.41) is 16.2. The maximum Gasteiger partial charge on any atom is 0.0770 e. The summed E-state index contributed by atoms with van der Waals surface area (Å²) < 4.78 is 3.18. The lowest BCUT2D eigenvalue weighted by Gasteiger charge is -2.06. The average Bonchev–Trinajstić information content (AvgIpc) is 2.79. The van der Waals surface area contributed by atoms with E-state index in [0.29, 0.717) is 6.54 Å². The summed E-state index contributed by atoms with van der Waals surface area (Å²) in [6, 6.07) is 6.44. The topological polar surface area (TPSA) is 38.0 Å². The van der Waals surface area contributed by atoms with Crippen LogP contribution in [0.2, 0.25) is 0 Å². The summed E-state index contributed by atoms with van der Waals surface area (Å²) in [5.74, 6) is 0. The molecule has 2 aromatic heterocycles. The van der Waals surface area contributed by atoms with Crippen molar-refractivity contribution in [1.29, 1.82) is 0 Å². The molecule has 1 aromatic carbocycles. The SMILES string of the molecule is Cc1cc2c(ccc3cnn(CC(C)O)c32)s1. The number of aryl methyl sites for hydroxylation is 1. The number of aliphatic hydroxyl groups is 1. The molecule has 0 fully saturated rings. The van der Waals surface area contributed by atoms with Crippen molar-refractivity contribution < 1.29 is 5.11 Å². The summed E-state index contributed by atoms with van der Waals surface area (Å²) in [6.45, 7) is 4.44. The van der Waals surface area contributed by atoms with Gasteiger partial charge in [0.2, 0.25) is 0 Å². The molecule has 3 nitrogen and oxygen atoms in total. The Morgan fingerprint density at radius 2 is 2.29 bits per heavy atom. The first kappa shape index (κ1) is 10.7. The second-order valence-corrected chi connectivity index (χ2v) is 5.74. The van der Waals surface area contributed by atoms with Gasteiger partial charge in [0.1, 0.15) is 0 Å². The first-order chi connectivity index (χ1) is 8.15. The van der Waals surface area contributed by atoms with Gasteiger partial charge < -0.3 is 5.11 Å². The normalized spacial score (nSPS) is 13.6. The molecule has 0 spiro atoms. The van der Waals surface area contributed by atoms with Crippen LogP contribution < -0.4 is 0 Å². The van der Waals surface area contributed by atoms with Crippen LogP contribution in [0.4, 0.5) is 0 Å². The smallest absolute Gasteiger partial charge is 0.0770 e. The van der Waals surface area contributed by atoms with Gasteiger partial charge in [0.15, 0.2) is 0 Å². The van der Waals surface area contributed by atoms with Gasteiger partial charge in [-0.25, -0.2) is 0 Å². The van der Waals surface area contributed by atoms with E-state index in [9.17, 15) is 5.11 Å². The molecule has 0 bridgehead atoms. The number of aromatic nitrogens is 2.